The largest absolute Gasteiger partial charge is 0.477 e. The van der Waals surface area contributed by atoms with Gasteiger partial charge in [0, 0.05) is 17.1 Å². The number of rotatable bonds is 7. The summed E-state index contributed by atoms with van der Waals surface area (Å²) in [5, 5.41) is 18.9. The fraction of sp³-hybridized carbons (Fsp3) is 0.667. The van der Waals surface area contributed by atoms with E-state index in [2.05, 4.69) is 4.18 Å². The molecule has 3 atom stereocenters. The van der Waals surface area contributed by atoms with Crippen LogP contribution in [0.25, 0.3) is 0 Å². The number of carbonyl (C=O) groups excluding carboxylic acids is 1. The Labute approximate surface area is 132 Å². The number of carboxylic acid groups (broad SMARTS) is 1. The molecule has 0 aromatic heterocycles. The van der Waals surface area contributed by atoms with Crippen LogP contribution in [-0.2, 0) is 23.9 Å². The summed E-state index contributed by atoms with van der Waals surface area (Å²) >= 11 is 1.16. The Morgan fingerprint density at radius 2 is 2.18 bits per heavy atom. The van der Waals surface area contributed by atoms with Gasteiger partial charge in [-0.05, 0) is 6.92 Å². The second kappa shape index (κ2) is 6.19. The number of aliphatic hydroxyl groups excluding tert-OH is 1. The highest BCUT2D eigenvalue weighted by molar-refractivity contribution is 8.03. The first-order chi connectivity index (χ1) is 10.1. The summed E-state index contributed by atoms with van der Waals surface area (Å²) in [7, 11) is -3.53. The third-order valence-electron chi connectivity index (χ3n) is 3.55. The van der Waals surface area contributed by atoms with Gasteiger partial charge in [0.05, 0.1) is 30.9 Å². The van der Waals surface area contributed by atoms with E-state index < -0.39 is 28.1 Å². The second-order valence-electron chi connectivity index (χ2n) is 5.20. The minimum Gasteiger partial charge on any atom is -0.477 e. The van der Waals surface area contributed by atoms with Crippen molar-refractivity contribution in [2.75, 3.05) is 18.6 Å². The normalized spacial score (nSPS) is 26.0. The molecule has 0 spiro atoms. The van der Waals surface area contributed by atoms with E-state index in [1.807, 2.05) is 0 Å². The number of thioether (sulfide) groups is 1. The molecular formula is C12H17NO7S2. The van der Waals surface area contributed by atoms with E-state index in [1.165, 1.54) is 11.8 Å². The Balaban J connectivity index is 2.04. The molecule has 0 aliphatic carbocycles. The van der Waals surface area contributed by atoms with Crippen LogP contribution in [0.15, 0.2) is 10.6 Å². The van der Waals surface area contributed by atoms with Gasteiger partial charge >= 0.3 is 5.97 Å². The summed E-state index contributed by atoms with van der Waals surface area (Å²) in [5.41, 5.74) is -0.0729. The lowest BCUT2D eigenvalue weighted by molar-refractivity contribution is -0.161. The van der Waals surface area contributed by atoms with Crippen LogP contribution < -0.4 is 0 Å². The number of nitrogens with zero attached hydrogens (tertiary/aromatic N) is 1. The van der Waals surface area contributed by atoms with Crippen LogP contribution in [-0.4, -0.2) is 66.2 Å². The van der Waals surface area contributed by atoms with E-state index in [9.17, 15) is 28.2 Å². The van der Waals surface area contributed by atoms with Gasteiger partial charge in [0.1, 0.15) is 5.70 Å². The van der Waals surface area contributed by atoms with Gasteiger partial charge in [-0.2, -0.15) is 8.42 Å². The van der Waals surface area contributed by atoms with Crippen LogP contribution in [0.5, 0.6) is 0 Å². The number of fused-ring (bicyclic) bond motifs is 1. The standard InChI is InChI=1S/C12H17NO7S2/c1-6(14)9-7-5-8(21-4-3-20-22(2,18)19)10(12(16)17)13(7)11(9)15/h6-7,9,14H,3-5H2,1-2H3,(H,16,17). The number of hydrogen-bond acceptors (Lipinski definition) is 7. The molecule has 1 amide bonds. The monoisotopic (exact) mass is 351 g/mol. The quantitative estimate of drug-likeness (QED) is 0.361. The number of β-lactam (4-membered cyclic amide) rings is 1. The van der Waals surface area contributed by atoms with Crippen LogP contribution in [0, 0.1) is 5.92 Å². The van der Waals surface area contributed by atoms with Crippen LogP contribution in [0.2, 0.25) is 0 Å². The SMILES string of the molecule is CC(O)C1C(=O)N2C(C(=O)O)=C(SCCOS(C)(=O)=O)CC12. The zero-order valence-electron chi connectivity index (χ0n) is 12.1. The summed E-state index contributed by atoms with van der Waals surface area (Å²) in [5.74, 6) is -1.92. The van der Waals surface area contributed by atoms with E-state index in [0.29, 0.717) is 11.3 Å². The first kappa shape index (κ1) is 17.3. The fourth-order valence-corrected chi connectivity index (χ4v) is 4.23. The molecular weight excluding hydrogens is 334 g/mol. The number of hydrogen-bond donors (Lipinski definition) is 2. The van der Waals surface area contributed by atoms with Crippen molar-refractivity contribution in [2.24, 2.45) is 5.92 Å². The Hall–Kier alpha value is -1.10. The Morgan fingerprint density at radius 1 is 1.55 bits per heavy atom. The third kappa shape index (κ3) is 3.29. The van der Waals surface area contributed by atoms with E-state index in [4.69, 9.17) is 0 Å². The van der Waals surface area contributed by atoms with E-state index in [1.54, 1.807) is 0 Å². The summed E-state index contributed by atoms with van der Waals surface area (Å²) in [6.07, 6.45) is 0.459. The molecule has 2 aliphatic heterocycles. The molecule has 1 saturated heterocycles. The second-order valence-corrected chi connectivity index (χ2v) is 8.03. The highest BCUT2D eigenvalue weighted by Gasteiger charge is 2.56. The number of carboxylic acids is 1. The lowest BCUT2D eigenvalue weighted by atomic mass is 9.83. The fourth-order valence-electron chi connectivity index (χ4n) is 2.71. The van der Waals surface area contributed by atoms with Gasteiger partial charge in [-0.3, -0.25) is 8.98 Å². The number of amides is 1. The van der Waals surface area contributed by atoms with Crippen molar-refractivity contribution in [2.45, 2.75) is 25.5 Å². The number of aliphatic carboxylic acids is 1. The van der Waals surface area contributed by atoms with E-state index in [0.717, 1.165) is 18.0 Å². The van der Waals surface area contributed by atoms with Gasteiger partial charge in [0.15, 0.2) is 0 Å². The van der Waals surface area contributed by atoms with Gasteiger partial charge in [-0.1, -0.05) is 0 Å². The molecule has 2 aliphatic rings. The summed E-state index contributed by atoms with van der Waals surface area (Å²) in [6, 6.07) is -0.336. The minimum atomic E-state index is -3.53. The molecule has 10 heteroatoms. The van der Waals surface area contributed by atoms with Crippen molar-refractivity contribution >= 4 is 33.8 Å². The smallest absolute Gasteiger partial charge is 0.353 e. The van der Waals surface area contributed by atoms with Gasteiger partial charge in [-0.15, -0.1) is 11.8 Å². The number of aliphatic hydroxyl groups is 1. The van der Waals surface area contributed by atoms with Crippen molar-refractivity contribution in [1.82, 2.24) is 4.90 Å². The van der Waals surface area contributed by atoms with Crippen molar-refractivity contribution in [3.8, 4) is 0 Å². The van der Waals surface area contributed by atoms with Crippen molar-refractivity contribution in [3.63, 3.8) is 0 Å². The lowest BCUT2D eigenvalue weighted by Crippen LogP contribution is -2.61. The Kier molecular flexibility index (Phi) is 4.85. The van der Waals surface area contributed by atoms with Gasteiger partial charge in [0.2, 0.25) is 5.91 Å². The summed E-state index contributed by atoms with van der Waals surface area (Å²) < 4.78 is 26.3. The molecule has 0 aromatic carbocycles. The summed E-state index contributed by atoms with van der Waals surface area (Å²) in [6.45, 7) is 1.43. The average Bonchev–Trinajstić information content (AvgIpc) is 2.67. The molecule has 0 saturated carbocycles. The van der Waals surface area contributed by atoms with Crippen LogP contribution in [0.4, 0.5) is 0 Å². The molecule has 2 N–H and O–H groups in total. The van der Waals surface area contributed by atoms with Crippen LogP contribution >= 0.6 is 11.8 Å². The molecule has 0 radical (unpaired) electrons. The van der Waals surface area contributed by atoms with Gasteiger partial charge < -0.3 is 15.1 Å². The maximum Gasteiger partial charge on any atom is 0.353 e. The molecule has 0 aromatic rings. The van der Waals surface area contributed by atoms with Crippen LogP contribution in [0.1, 0.15) is 13.3 Å². The molecule has 2 rings (SSSR count). The Morgan fingerprint density at radius 3 is 2.68 bits per heavy atom. The zero-order valence-corrected chi connectivity index (χ0v) is 13.7. The molecule has 3 unspecified atom stereocenters. The van der Waals surface area contributed by atoms with E-state index in [-0.39, 0.29) is 30.0 Å². The highest BCUT2D eigenvalue weighted by Crippen LogP contribution is 2.46. The van der Waals surface area contributed by atoms with E-state index >= 15 is 0 Å². The first-order valence-electron chi connectivity index (χ1n) is 6.58. The average molecular weight is 351 g/mol. The highest BCUT2D eigenvalue weighted by atomic mass is 32.2. The molecule has 22 heavy (non-hydrogen) atoms. The van der Waals surface area contributed by atoms with Crippen molar-refractivity contribution in [1.29, 1.82) is 0 Å². The third-order valence-corrected chi connectivity index (χ3v) is 5.22. The zero-order chi connectivity index (χ0) is 16.7. The molecule has 0 bridgehead atoms. The molecule has 2 heterocycles. The maximum atomic E-state index is 12.0. The predicted octanol–water partition coefficient (Wildman–Crippen LogP) is -0.396. The van der Waals surface area contributed by atoms with Crippen molar-refractivity contribution in [3.05, 3.63) is 10.6 Å². The first-order valence-corrected chi connectivity index (χ1v) is 9.38. The maximum absolute atomic E-state index is 12.0. The number of carbonyl (C=O) groups is 2. The summed E-state index contributed by atoms with van der Waals surface area (Å²) in [4.78, 5) is 25.0. The Bertz CT molecular complexity index is 625. The van der Waals surface area contributed by atoms with Crippen molar-refractivity contribution < 1.29 is 32.4 Å². The topological polar surface area (TPSA) is 121 Å². The molecule has 1 fully saturated rings. The predicted molar refractivity (Wildman–Crippen MR) is 78.3 cm³/mol. The van der Waals surface area contributed by atoms with Gasteiger partial charge in [0.25, 0.3) is 10.1 Å². The molecule has 8 nitrogen and oxygen atoms in total. The minimum absolute atomic E-state index is 0.0711. The lowest BCUT2D eigenvalue weighted by Gasteiger charge is -2.44. The van der Waals surface area contributed by atoms with Crippen LogP contribution in [0.3, 0.4) is 0 Å². The molecule has 124 valence electrons. The van der Waals surface area contributed by atoms with Gasteiger partial charge in [-0.25, -0.2) is 4.79 Å².